The third-order valence-electron chi connectivity index (χ3n) is 4.46. The highest BCUT2D eigenvalue weighted by Gasteiger charge is 2.12. The summed E-state index contributed by atoms with van der Waals surface area (Å²) >= 11 is 0. The summed E-state index contributed by atoms with van der Waals surface area (Å²) in [6.45, 7) is 3.75. The Balaban J connectivity index is 1.46. The maximum Gasteiger partial charge on any atom is 0.234 e. The first-order valence-electron chi connectivity index (χ1n) is 8.72. The molecule has 27 heavy (non-hydrogen) atoms. The maximum absolute atomic E-state index is 12.3. The molecular formula is C20H19N5O2. The maximum atomic E-state index is 12.3. The van der Waals surface area contributed by atoms with Gasteiger partial charge < -0.3 is 9.84 Å². The van der Waals surface area contributed by atoms with Crippen molar-refractivity contribution in [3.63, 3.8) is 0 Å². The number of hydrogen-bond donors (Lipinski definition) is 1. The molecule has 4 rings (SSSR count). The van der Waals surface area contributed by atoms with E-state index in [4.69, 9.17) is 4.52 Å². The van der Waals surface area contributed by atoms with Crippen molar-refractivity contribution in [3.8, 4) is 11.3 Å². The summed E-state index contributed by atoms with van der Waals surface area (Å²) in [6, 6.07) is 9.49. The molecule has 0 radical (unpaired) electrons. The van der Waals surface area contributed by atoms with Gasteiger partial charge in [0.1, 0.15) is 5.76 Å². The molecule has 4 aromatic rings. The van der Waals surface area contributed by atoms with Gasteiger partial charge in [-0.2, -0.15) is 0 Å². The molecule has 1 N–H and O–H groups in total. The quantitative estimate of drug-likeness (QED) is 0.587. The second kappa shape index (κ2) is 7.03. The fourth-order valence-corrected chi connectivity index (χ4v) is 3.05. The summed E-state index contributed by atoms with van der Waals surface area (Å²) < 4.78 is 7.01. The molecule has 0 bridgehead atoms. The Labute approximate surface area is 156 Å². The van der Waals surface area contributed by atoms with Crippen molar-refractivity contribution in [3.05, 3.63) is 65.9 Å². The normalized spacial score (nSPS) is 11.0. The van der Waals surface area contributed by atoms with Gasteiger partial charge in [-0.05, 0) is 38.5 Å². The number of aryl methyl sites for hydroxylation is 2. The van der Waals surface area contributed by atoms with Gasteiger partial charge in [0, 0.05) is 41.8 Å². The van der Waals surface area contributed by atoms with Crippen molar-refractivity contribution >= 4 is 17.4 Å². The molecule has 0 aliphatic heterocycles. The number of imidazole rings is 1. The van der Waals surface area contributed by atoms with Crippen molar-refractivity contribution in [1.82, 2.24) is 19.5 Å². The van der Waals surface area contributed by atoms with E-state index in [1.807, 2.05) is 61.0 Å². The lowest BCUT2D eigenvalue weighted by Gasteiger charge is -2.06. The van der Waals surface area contributed by atoms with Gasteiger partial charge in [0.05, 0.1) is 11.4 Å². The lowest BCUT2D eigenvalue weighted by molar-refractivity contribution is -0.116. The third-order valence-corrected chi connectivity index (χ3v) is 4.46. The third kappa shape index (κ3) is 3.57. The van der Waals surface area contributed by atoms with Crippen LogP contribution >= 0.6 is 0 Å². The number of carbonyl (C=O) groups excluding carboxylic acids is 1. The Kier molecular flexibility index (Phi) is 4.42. The molecule has 1 amide bonds. The number of amides is 1. The number of aromatic nitrogens is 4. The van der Waals surface area contributed by atoms with E-state index in [-0.39, 0.29) is 5.91 Å². The minimum Gasteiger partial charge on any atom is -0.361 e. The fraction of sp³-hybridized carbons (Fsp3) is 0.200. The average molecular weight is 361 g/mol. The zero-order valence-corrected chi connectivity index (χ0v) is 15.1. The molecule has 0 aliphatic rings. The molecule has 1 aromatic carbocycles. The van der Waals surface area contributed by atoms with Crippen LogP contribution in [0.25, 0.3) is 17.0 Å². The zero-order chi connectivity index (χ0) is 18.8. The van der Waals surface area contributed by atoms with Crippen LogP contribution in [0.3, 0.4) is 0 Å². The summed E-state index contributed by atoms with van der Waals surface area (Å²) in [5, 5.41) is 6.87. The van der Waals surface area contributed by atoms with Crippen LogP contribution in [0.2, 0.25) is 0 Å². The van der Waals surface area contributed by atoms with E-state index in [2.05, 4.69) is 20.4 Å². The first kappa shape index (κ1) is 17.0. The number of rotatable bonds is 5. The number of fused-ring (bicyclic) bond motifs is 1. The largest absolute Gasteiger partial charge is 0.361 e. The second-order valence-electron chi connectivity index (χ2n) is 6.38. The number of hydrogen-bond acceptors (Lipinski definition) is 5. The van der Waals surface area contributed by atoms with E-state index in [9.17, 15) is 4.79 Å². The SMILES string of the molecule is Cc1noc(C)c1CCC(=O)Nc1cccc(-c2cn3cccnc3n2)c1. The molecule has 3 heterocycles. The van der Waals surface area contributed by atoms with Crippen LogP contribution in [0, 0.1) is 13.8 Å². The molecule has 0 atom stereocenters. The number of carbonyl (C=O) groups is 1. The van der Waals surface area contributed by atoms with Gasteiger partial charge >= 0.3 is 0 Å². The van der Waals surface area contributed by atoms with Crippen molar-refractivity contribution < 1.29 is 9.32 Å². The highest BCUT2D eigenvalue weighted by Crippen LogP contribution is 2.22. The minimum absolute atomic E-state index is 0.0520. The van der Waals surface area contributed by atoms with Gasteiger partial charge in [-0.1, -0.05) is 17.3 Å². The van der Waals surface area contributed by atoms with Gasteiger partial charge in [-0.15, -0.1) is 0 Å². The van der Waals surface area contributed by atoms with Gasteiger partial charge in [0.2, 0.25) is 11.7 Å². The molecule has 7 heteroatoms. The predicted octanol–water partition coefficient (Wildman–Crippen LogP) is 3.57. The fourth-order valence-electron chi connectivity index (χ4n) is 3.05. The number of nitrogens with zero attached hydrogens (tertiary/aromatic N) is 4. The highest BCUT2D eigenvalue weighted by atomic mass is 16.5. The van der Waals surface area contributed by atoms with Crippen molar-refractivity contribution in [2.45, 2.75) is 26.7 Å². The molecular weight excluding hydrogens is 342 g/mol. The zero-order valence-electron chi connectivity index (χ0n) is 15.1. The monoisotopic (exact) mass is 361 g/mol. The Bertz CT molecular complexity index is 1060. The topological polar surface area (TPSA) is 85.3 Å². The number of benzene rings is 1. The minimum atomic E-state index is -0.0520. The van der Waals surface area contributed by atoms with Gasteiger partial charge in [0.25, 0.3) is 0 Å². The standard InChI is InChI=1S/C20H19N5O2/c1-13-17(14(2)27-24-13)7-8-19(26)22-16-6-3-5-15(11-16)18-12-25-10-4-9-21-20(25)23-18/h3-6,9-12H,7-8H2,1-2H3,(H,22,26). The molecule has 0 aliphatic carbocycles. The van der Waals surface area contributed by atoms with Crippen molar-refractivity contribution in [2.24, 2.45) is 0 Å². The van der Waals surface area contributed by atoms with Crippen LogP contribution < -0.4 is 5.32 Å². The van der Waals surface area contributed by atoms with Crippen molar-refractivity contribution in [1.29, 1.82) is 0 Å². The predicted molar refractivity (Wildman–Crippen MR) is 101 cm³/mol. The van der Waals surface area contributed by atoms with Gasteiger partial charge in [-0.25, -0.2) is 9.97 Å². The van der Waals surface area contributed by atoms with Crippen LogP contribution in [0.4, 0.5) is 5.69 Å². The van der Waals surface area contributed by atoms with Gasteiger partial charge in [-0.3, -0.25) is 9.20 Å². The Morgan fingerprint density at radius 3 is 2.93 bits per heavy atom. The molecule has 0 saturated heterocycles. The summed E-state index contributed by atoms with van der Waals surface area (Å²) in [5.74, 6) is 1.35. The molecule has 3 aromatic heterocycles. The van der Waals surface area contributed by atoms with E-state index >= 15 is 0 Å². The lowest BCUT2D eigenvalue weighted by Crippen LogP contribution is -2.12. The van der Waals surface area contributed by atoms with Crippen molar-refractivity contribution in [2.75, 3.05) is 5.32 Å². The molecule has 7 nitrogen and oxygen atoms in total. The van der Waals surface area contributed by atoms with E-state index in [1.165, 1.54) is 0 Å². The highest BCUT2D eigenvalue weighted by molar-refractivity contribution is 5.91. The van der Waals surface area contributed by atoms with E-state index in [0.717, 1.165) is 34.0 Å². The Morgan fingerprint density at radius 2 is 2.15 bits per heavy atom. The molecule has 0 spiro atoms. The summed E-state index contributed by atoms with van der Waals surface area (Å²) in [5.41, 5.74) is 4.30. The first-order chi connectivity index (χ1) is 13.1. The van der Waals surface area contributed by atoms with Crippen LogP contribution in [0.5, 0.6) is 0 Å². The summed E-state index contributed by atoms with van der Waals surface area (Å²) in [4.78, 5) is 21.1. The molecule has 0 unspecified atom stereocenters. The Morgan fingerprint density at radius 1 is 1.26 bits per heavy atom. The summed E-state index contributed by atoms with van der Waals surface area (Å²) in [6.07, 6.45) is 6.50. The lowest BCUT2D eigenvalue weighted by atomic mass is 10.1. The van der Waals surface area contributed by atoms with E-state index in [1.54, 1.807) is 6.20 Å². The molecule has 136 valence electrons. The van der Waals surface area contributed by atoms with Crippen LogP contribution in [-0.4, -0.2) is 25.4 Å². The molecule has 0 saturated carbocycles. The number of nitrogens with one attached hydrogen (secondary N) is 1. The van der Waals surface area contributed by atoms with E-state index < -0.39 is 0 Å². The van der Waals surface area contributed by atoms with Crippen LogP contribution in [0.15, 0.2) is 53.4 Å². The van der Waals surface area contributed by atoms with Crippen LogP contribution in [0.1, 0.15) is 23.4 Å². The first-order valence-corrected chi connectivity index (χ1v) is 8.72. The average Bonchev–Trinajstić information content (AvgIpc) is 3.24. The smallest absolute Gasteiger partial charge is 0.234 e. The molecule has 0 fully saturated rings. The van der Waals surface area contributed by atoms with E-state index in [0.29, 0.717) is 18.6 Å². The summed E-state index contributed by atoms with van der Waals surface area (Å²) in [7, 11) is 0. The Hall–Kier alpha value is -3.48. The number of anilines is 1. The second-order valence-corrected chi connectivity index (χ2v) is 6.38. The van der Waals surface area contributed by atoms with Gasteiger partial charge in [0.15, 0.2) is 0 Å². The van der Waals surface area contributed by atoms with Crippen LogP contribution in [-0.2, 0) is 11.2 Å².